The van der Waals surface area contributed by atoms with Crippen molar-refractivity contribution in [3.8, 4) is 17.2 Å². The van der Waals surface area contributed by atoms with Gasteiger partial charge in [0.15, 0.2) is 0 Å². The lowest BCUT2D eigenvalue weighted by atomic mass is 9.99. The highest BCUT2D eigenvalue weighted by Crippen LogP contribution is 2.33. The number of hydrogen-bond acceptors (Lipinski definition) is 2. The average molecular weight is 452 g/mol. The molecule has 1 heterocycles. The Hall–Kier alpha value is -3.82. The largest absolute Gasteiger partial charge is 1.00 e. The third-order valence-electron chi connectivity index (χ3n) is 6.28. The SMILES string of the molecule is COc1ccc2c(ccc3c2cc2c4ccc(OC)cc4ccc2[n+]3-c2ccccc2)c1.[Cl-]. The second kappa shape index (κ2) is 8.27. The van der Waals surface area contributed by atoms with Gasteiger partial charge in [-0.15, -0.1) is 0 Å². The topological polar surface area (TPSA) is 22.3 Å². The smallest absolute Gasteiger partial charge is 0.219 e. The van der Waals surface area contributed by atoms with E-state index < -0.39 is 0 Å². The average Bonchev–Trinajstić information content (AvgIpc) is 2.86. The highest BCUT2D eigenvalue weighted by Gasteiger charge is 2.21. The molecule has 0 radical (unpaired) electrons. The van der Waals surface area contributed by atoms with Crippen LogP contribution in [-0.4, -0.2) is 14.2 Å². The van der Waals surface area contributed by atoms with E-state index in [1.807, 2.05) is 12.1 Å². The predicted octanol–water partition coefficient (Wildman–Crippen LogP) is 3.60. The van der Waals surface area contributed by atoms with E-state index in [1.165, 1.54) is 32.6 Å². The van der Waals surface area contributed by atoms with Crippen LogP contribution < -0.4 is 26.4 Å². The second-order valence-corrected chi connectivity index (χ2v) is 7.99. The first-order chi connectivity index (χ1) is 15.8. The van der Waals surface area contributed by atoms with E-state index in [2.05, 4.69) is 89.5 Å². The number of benzene rings is 5. The zero-order valence-corrected chi connectivity index (χ0v) is 19.1. The number of para-hydroxylation sites is 1. The molecule has 0 saturated heterocycles. The fraction of sp³-hybridized carbons (Fsp3) is 0.0690. The quantitative estimate of drug-likeness (QED) is 0.233. The van der Waals surface area contributed by atoms with Gasteiger partial charge in [-0.3, -0.25) is 0 Å². The van der Waals surface area contributed by atoms with Crippen molar-refractivity contribution >= 4 is 43.4 Å². The maximum absolute atomic E-state index is 5.46. The maximum Gasteiger partial charge on any atom is 0.219 e. The molecule has 0 unspecified atom stereocenters. The number of nitrogens with zero attached hydrogens (tertiary/aromatic N) is 1. The van der Waals surface area contributed by atoms with E-state index in [4.69, 9.17) is 9.47 Å². The molecule has 0 aliphatic carbocycles. The van der Waals surface area contributed by atoms with Crippen LogP contribution in [0.3, 0.4) is 0 Å². The Morgan fingerprint density at radius 1 is 0.515 bits per heavy atom. The van der Waals surface area contributed by atoms with Crippen LogP contribution in [0.4, 0.5) is 0 Å². The molecular formula is C29H22ClNO2. The van der Waals surface area contributed by atoms with Crippen molar-refractivity contribution in [2.45, 2.75) is 0 Å². The van der Waals surface area contributed by atoms with Crippen LogP contribution in [0.5, 0.6) is 11.5 Å². The molecule has 0 bridgehead atoms. The minimum absolute atomic E-state index is 0. The predicted molar refractivity (Wildman–Crippen MR) is 131 cm³/mol. The number of hydrogen-bond donors (Lipinski definition) is 0. The van der Waals surface area contributed by atoms with Gasteiger partial charge in [0, 0.05) is 24.3 Å². The molecule has 0 atom stereocenters. The highest BCUT2D eigenvalue weighted by molar-refractivity contribution is 6.13. The van der Waals surface area contributed by atoms with Crippen LogP contribution in [0.25, 0.3) is 49.0 Å². The van der Waals surface area contributed by atoms with E-state index in [-0.39, 0.29) is 12.4 Å². The molecule has 6 rings (SSSR count). The lowest BCUT2D eigenvalue weighted by Gasteiger charge is -2.11. The van der Waals surface area contributed by atoms with E-state index in [0.717, 1.165) is 28.0 Å². The lowest BCUT2D eigenvalue weighted by molar-refractivity contribution is -0.537. The standard InChI is InChI=1S/C29H22NO2.ClH/c1-31-22-10-12-24-19(16-22)8-14-28-26(24)18-27-25-13-11-23(32-2)17-20(25)9-15-29(27)30(28)21-6-4-3-5-7-21;/h3-18H,1-2H3;1H/q+1;/p-1. The number of methoxy groups -OCH3 is 2. The van der Waals surface area contributed by atoms with E-state index >= 15 is 0 Å². The van der Waals surface area contributed by atoms with Gasteiger partial charge in [0.1, 0.15) is 11.5 Å². The summed E-state index contributed by atoms with van der Waals surface area (Å²) < 4.78 is 13.3. The third kappa shape index (κ3) is 3.33. The van der Waals surface area contributed by atoms with E-state index in [9.17, 15) is 0 Å². The molecule has 3 nitrogen and oxygen atoms in total. The molecule has 0 aliphatic heterocycles. The molecular weight excluding hydrogens is 430 g/mol. The summed E-state index contributed by atoms with van der Waals surface area (Å²) in [6.07, 6.45) is 0. The summed E-state index contributed by atoms with van der Waals surface area (Å²) in [7, 11) is 3.42. The summed E-state index contributed by atoms with van der Waals surface area (Å²) >= 11 is 0. The molecule has 0 spiro atoms. The zero-order valence-electron chi connectivity index (χ0n) is 18.4. The molecule has 1 aromatic heterocycles. The number of aromatic nitrogens is 1. The summed E-state index contributed by atoms with van der Waals surface area (Å²) in [5.41, 5.74) is 3.49. The Balaban J connectivity index is 0.00000228. The summed E-state index contributed by atoms with van der Waals surface area (Å²) in [6.45, 7) is 0. The monoisotopic (exact) mass is 451 g/mol. The fourth-order valence-electron chi connectivity index (χ4n) is 4.72. The van der Waals surface area contributed by atoms with Crippen molar-refractivity contribution in [2.75, 3.05) is 14.2 Å². The Kier molecular flexibility index (Phi) is 5.27. The van der Waals surface area contributed by atoms with Gasteiger partial charge in [0.2, 0.25) is 16.7 Å². The van der Waals surface area contributed by atoms with E-state index in [1.54, 1.807) is 14.2 Å². The van der Waals surface area contributed by atoms with Crippen molar-refractivity contribution in [3.63, 3.8) is 0 Å². The van der Waals surface area contributed by atoms with Gasteiger partial charge in [-0.25, -0.2) is 0 Å². The molecule has 4 heteroatoms. The molecule has 0 fully saturated rings. The number of halogens is 1. The van der Waals surface area contributed by atoms with Gasteiger partial charge < -0.3 is 21.9 Å². The minimum atomic E-state index is 0. The van der Waals surface area contributed by atoms with Gasteiger partial charge >= 0.3 is 0 Å². The number of fused-ring (bicyclic) bond motifs is 6. The van der Waals surface area contributed by atoms with E-state index in [0.29, 0.717) is 0 Å². The summed E-state index contributed by atoms with van der Waals surface area (Å²) in [5.74, 6) is 1.73. The van der Waals surface area contributed by atoms with Crippen LogP contribution in [-0.2, 0) is 0 Å². The van der Waals surface area contributed by atoms with Crippen molar-refractivity contribution in [2.24, 2.45) is 0 Å². The first kappa shape index (κ1) is 21.0. The molecule has 0 N–H and O–H groups in total. The Bertz CT molecular complexity index is 1540. The van der Waals surface area contributed by atoms with Crippen molar-refractivity contribution in [1.29, 1.82) is 0 Å². The number of pyridine rings is 1. The third-order valence-corrected chi connectivity index (χ3v) is 6.28. The summed E-state index contributed by atoms with van der Waals surface area (Å²) in [6, 6.07) is 34.2. The van der Waals surface area contributed by atoms with Crippen LogP contribution >= 0.6 is 0 Å². The van der Waals surface area contributed by atoms with Crippen LogP contribution in [0, 0.1) is 0 Å². The first-order valence-corrected chi connectivity index (χ1v) is 10.7. The van der Waals surface area contributed by atoms with Crippen LogP contribution in [0.2, 0.25) is 0 Å². The molecule has 0 amide bonds. The van der Waals surface area contributed by atoms with Gasteiger partial charge in [0.25, 0.3) is 0 Å². The van der Waals surface area contributed by atoms with Crippen molar-refractivity contribution in [1.82, 2.24) is 0 Å². The van der Waals surface area contributed by atoms with Gasteiger partial charge in [-0.1, -0.05) is 18.2 Å². The van der Waals surface area contributed by atoms with Gasteiger partial charge in [-0.2, -0.15) is 4.57 Å². The zero-order chi connectivity index (χ0) is 21.7. The van der Waals surface area contributed by atoms with Crippen molar-refractivity contribution < 1.29 is 26.4 Å². The molecule has 5 aromatic carbocycles. The molecule has 0 aliphatic rings. The Labute approximate surface area is 198 Å². The number of rotatable bonds is 3. The van der Waals surface area contributed by atoms with Gasteiger partial charge in [-0.05, 0) is 76.1 Å². The van der Waals surface area contributed by atoms with Gasteiger partial charge in [0.05, 0.1) is 25.0 Å². The van der Waals surface area contributed by atoms with Crippen molar-refractivity contribution in [3.05, 3.63) is 97.1 Å². The maximum atomic E-state index is 5.46. The van der Waals surface area contributed by atoms with Crippen LogP contribution in [0.15, 0.2) is 97.1 Å². The highest BCUT2D eigenvalue weighted by atomic mass is 35.5. The minimum Gasteiger partial charge on any atom is -1.00 e. The fourth-order valence-corrected chi connectivity index (χ4v) is 4.72. The Morgan fingerprint density at radius 2 is 1.03 bits per heavy atom. The summed E-state index contributed by atoms with van der Waals surface area (Å²) in [4.78, 5) is 0. The molecule has 0 saturated carbocycles. The number of ether oxygens (including phenoxy) is 2. The molecule has 6 aromatic rings. The second-order valence-electron chi connectivity index (χ2n) is 7.99. The molecule has 162 valence electrons. The van der Waals surface area contributed by atoms with Crippen LogP contribution in [0.1, 0.15) is 0 Å². The lowest BCUT2D eigenvalue weighted by Crippen LogP contribution is -3.00. The molecule has 33 heavy (non-hydrogen) atoms. The first-order valence-electron chi connectivity index (χ1n) is 10.7. The normalized spacial score (nSPS) is 11.1. The summed E-state index contributed by atoms with van der Waals surface area (Å²) in [5, 5.41) is 7.17. The Morgan fingerprint density at radius 3 is 1.52 bits per heavy atom.